The van der Waals surface area contributed by atoms with Crippen LogP contribution in [0.15, 0.2) is 30.3 Å². The summed E-state index contributed by atoms with van der Waals surface area (Å²) in [6.45, 7) is 5.03. The molecule has 2 rings (SSSR count). The predicted molar refractivity (Wildman–Crippen MR) is 91.4 cm³/mol. The van der Waals surface area contributed by atoms with Crippen molar-refractivity contribution in [3.63, 3.8) is 0 Å². The van der Waals surface area contributed by atoms with Gasteiger partial charge in [-0.05, 0) is 37.0 Å². The molecule has 116 valence electrons. The number of nitrogens with two attached hydrogens (primary N) is 1. The van der Waals surface area contributed by atoms with E-state index in [9.17, 15) is 4.79 Å². The van der Waals surface area contributed by atoms with Crippen molar-refractivity contribution in [1.29, 1.82) is 0 Å². The number of rotatable bonds is 7. The second-order valence-electron chi connectivity index (χ2n) is 5.48. The molecule has 0 spiro atoms. The van der Waals surface area contributed by atoms with Crippen LogP contribution in [0.3, 0.4) is 0 Å². The summed E-state index contributed by atoms with van der Waals surface area (Å²) in [5.74, 6) is 0.550. The molecule has 1 aromatic carbocycles. The number of aromatic nitrogens is 1. The summed E-state index contributed by atoms with van der Waals surface area (Å²) < 4.78 is 0. The second-order valence-corrected chi connectivity index (χ2v) is 5.48. The van der Waals surface area contributed by atoms with E-state index in [0.29, 0.717) is 11.4 Å². The largest absolute Gasteiger partial charge is 0.382 e. The van der Waals surface area contributed by atoms with E-state index in [0.717, 1.165) is 54.6 Å². The van der Waals surface area contributed by atoms with Gasteiger partial charge in [0.2, 0.25) is 0 Å². The van der Waals surface area contributed by atoms with Gasteiger partial charge in [0.1, 0.15) is 12.1 Å². The average Bonchev–Trinajstić information content (AvgIpc) is 2.52. The topological polar surface area (TPSA) is 68.0 Å². The van der Waals surface area contributed by atoms with Crippen molar-refractivity contribution >= 4 is 17.8 Å². The lowest BCUT2D eigenvalue weighted by Gasteiger charge is -2.13. The number of hydrogen-bond acceptors (Lipinski definition) is 4. The van der Waals surface area contributed by atoms with Gasteiger partial charge >= 0.3 is 0 Å². The van der Waals surface area contributed by atoms with Crippen molar-refractivity contribution in [3.05, 3.63) is 52.7 Å². The van der Waals surface area contributed by atoms with Crippen LogP contribution in [0.2, 0.25) is 0 Å². The van der Waals surface area contributed by atoms with Gasteiger partial charge in [0.15, 0.2) is 0 Å². The van der Waals surface area contributed by atoms with Crippen LogP contribution in [0.4, 0.5) is 11.5 Å². The number of nitrogen functional groups attached to an aromatic ring is 1. The van der Waals surface area contributed by atoms with Crippen LogP contribution >= 0.6 is 0 Å². The predicted octanol–water partition coefficient (Wildman–Crippen LogP) is 3.59. The van der Waals surface area contributed by atoms with Gasteiger partial charge in [0.25, 0.3) is 0 Å². The lowest BCUT2D eigenvalue weighted by molar-refractivity contribution is 0.112. The Hall–Kier alpha value is -2.36. The maximum absolute atomic E-state index is 10.7. The van der Waals surface area contributed by atoms with Crippen molar-refractivity contribution < 1.29 is 4.79 Å². The molecule has 0 bridgehead atoms. The molecule has 0 amide bonds. The summed E-state index contributed by atoms with van der Waals surface area (Å²) in [5.41, 5.74) is 10.8. The highest BCUT2D eigenvalue weighted by Crippen LogP contribution is 2.22. The quantitative estimate of drug-likeness (QED) is 0.605. The minimum Gasteiger partial charge on any atom is -0.382 e. The lowest BCUT2D eigenvalue weighted by atomic mass is 10.0. The van der Waals surface area contributed by atoms with Gasteiger partial charge in [0, 0.05) is 17.8 Å². The molecule has 0 fully saturated rings. The van der Waals surface area contributed by atoms with Crippen LogP contribution in [-0.2, 0) is 6.42 Å². The van der Waals surface area contributed by atoms with E-state index in [1.54, 1.807) is 0 Å². The van der Waals surface area contributed by atoms with Gasteiger partial charge < -0.3 is 11.1 Å². The molecule has 0 aliphatic rings. The molecule has 0 aliphatic carbocycles. The highest BCUT2D eigenvalue weighted by Gasteiger charge is 2.07. The third-order valence-corrected chi connectivity index (χ3v) is 3.70. The van der Waals surface area contributed by atoms with E-state index in [1.165, 1.54) is 0 Å². The Balaban J connectivity index is 2.18. The Morgan fingerprint density at radius 2 is 2.00 bits per heavy atom. The molecule has 3 N–H and O–H groups in total. The van der Waals surface area contributed by atoms with Crippen LogP contribution < -0.4 is 11.1 Å². The van der Waals surface area contributed by atoms with E-state index < -0.39 is 0 Å². The first kappa shape index (κ1) is 16.0. The van der Waals surface area contributed by atoms with Gasteiger partial charge in [-0.1, -0.05) is 37.6 Å². The van der Waals surface area contributed by atoms with Crippen LogP contribution in [0.25, 0.3) is 0 Å². The molecule has 0 radical (unpaired) electrons. The number of aldehydes is 1. The van der Waals surface area contributed by atoms with Crippen LogP contribution in [0.5, 0.6) is 0 Å². The molecular weight excluding hydrogens is 274 g/mol. The van der Waals surface area contributed by atoms with Crippen LogP contribution in [-0.4, -0.2) is 17.8 Å². The van der Waals surface area contributed by atoms with E-state index in [-0.39, 0.29) is 0 Å². The summed E-state index contributed by atoms with van der Waals surface area (Å²) in [7, 11) is 0. The fraction of sp³-hybridized carbons (Fsp3) is 0.333. The number of benzene rings is 1. The van der Waals surface area contributed by atoms with Crippen molar-refractivity contribution in [1.82, 2.24) is 4.98 Å². The SMILES string of the molecule is CCCCNc1cc(Cc2ccc(C=O)cc2)c(C)nc1N. The Labute approximate surface area is 131 Å². The third-order valence-electron chi connectivity index (χ3n) is 3.70. The first-order chi connectivity index (χ1) is 10.6. The first-order valence-electron chi connectivity index (χ1n) is 7.68. The Kier molecular flexibility index (Phi) is 5.53. The first-order valence-corrected chi connectivity index (χ1v) is 7.68. The summed E-state index contributed by atoms with van der Waals surface area (Å²) in [5, 5.41) is 3.35. The number of unbranched alkanes of at least 4 members (excludes halogenated alkanes) is 1. The standard InChI is InChI=1S/C18H23N3O/c1-3-4-9-20-17-11-16(13(2)21-18(17)19)10-14-5-7-15(12-22)8-6-14/h5-8,11-12,20H,3-4,9-10H2,1-2H3,(H2,19,21). The molecule has 4 nitrogen and oxygen atoms in total. The average molecular weight is 297 g/mol. The Bertz CT molecular complexity index is 636. The number of hydrogen-bond donors (Lipinski definition) is 2. The summed E-state index contributed by atoms with van der Waals surface area (Å²) >= 11 is 0. The minimum absolute atomic E-state index is 0.550. The molecule has 0 atom stereocenters. The van der Waals surface area contributed by atoms with E-state index in [4.69, 9.17) is 5.73 Å². The Morgan fingerprint density at radius 1 is 1.27 bits per heavy atom. The van der Waals surface area contributed by atoms with Crippen LogP contribution in [0, 0.1) is 6.92 Å². The number of nitrogens with zero attached hydrogens (tertiary/aromatic N) is 1. The fourth-order valence-electron chi connectivity index (χ4n) is 2.32. The Morgan fingerprint density at radius 3 is 2.64 bits per heavy atom. The van der Waals surface area contributed by atoms with Gasteiger partial charge in [0.05, 0.1) is 5.69 Å². The van der Waals surface area contributed by atoms with E-state index in [1.807, 2.05) is 31.2 Å². The molecule has 22 heavy (non-hydrogen) atoms. The van der Waals surface area contributed by atoms with E-state index in [2.05, 4.69) is 23.3 Å². The minimum atomic E-state index is 0.550. The second kappa shape index (κ2) is 7.59. The van der Waals surface area contributed by atoms with Crippen molar-refractivity contribution in [3.8, 4) is 0 Å². The molecular formula is C18H23N3O. The van der Waals surface area contributed by atoms with Gasteiger partial charge in [-0.25, -0.2) is 4.98 Å². The highest BCUT2D eigenvalue weighted by molar-refractivity contribution is 5.74. The number of carbonyl (C=O) groups is 1. The molecule has 1 heterocycles. The molecule has 0 saturated heterocycles. The normalized spacial score (nSPS) is 10.5. The highest BCUT2D eigenvalue weighted by atomic mass is 16.1. The van der Waals surface area contributed by atoms with Gasteiger partial charge in [-0.2, -0.15) is 0 Å². The molecule has 4 heteroatoms. The van der Waals surface area contributed by atoms with Gasteiger partial charge in [-0.15, -0.1) is 0 Å². The van der Waals surface area contributed by atoms with Crippen LogP contribution in [0.1, 0.15) is 46.9 Å². The zero-order valence-corrected chi connectivity index (χ0v) is 13.2. The maximum Gasteiger partial charge on any atom is 0.150 e. The zero-order chi connectivity index (χ0) is 15.9. The van der Waals surface area contributed by atoms with Crippen molar-refractivity contribution in [2.75, 3.05) is 17.6 Å². The molecule has 0 unspecified atom stereocenters. The third kappa shape index (κ3) is 4.07. The number of pyridine rings is 1. The summed E-state index contributed by atoms with van der Waals surface area (Å²) in [4.78, 5) is 15.1. The smallest absolute Gasteiger partial charge is 0.150 e. The lowest BCUT2D eigenvalue weighted by Crippen LogP contribution is -2.08. The van der Waals surface area contributed by atoms with Crippen molar-refractivity contribution in [2.45, 2.75) is 33.1 Å². The number of carbonyl (C=O) groups excluding carboxylic acids is 1. The van der Waals surface area contributed by atoms with Crippen molar-refractivity contribution in [2.24, 2.45) is 0 Å². The summed E-state index contributed by atoms with van der Waals surface area (Å²) in [6.07, 6.45) is 3.88. The fourth-order valence-corrected chi connectivity index (χ4v) is 2.32. The zero-order valence-electron chi connectivity index (χ0n) is 13.2. The monoisotopic (exact) mass is 297 g/mol. The molecule has 0 aliphatic heterocycles. The summed E-state index contributed by atoms with van der Waals surface area (Å²) in [6, 6.07) is 9.71. The van der Waals surface area contributed by atoms with Gasteiger partial charge in [-0.3, -0.25) is 4.79 Å². The number of aryl methyl sites for hydroxylation is 1. The number of nitrogens with one attached hydrogen (secondary N) is 1. The molecule has 2 aromatic rings. The maximum atomic E-state index is 10.7. The molecule has 0 saturated carbocycles. The van der Waals surface area contributed by atoms with E-state index >= 15 is 0 Å². The molecule has 1 aromatic heterocycles. The number of anilines is 2.